The van der Waals surface area contributed by atoms with Gasteiger partial charge in [0.1, 0.15) is 0 Å². The fourth-order valence-electron chi connectivity index (χ4n) is 1.88. The Kier molecular flexibility index (Phi) is 5.60. The number of carbonyl (C=O) groups is 1. The number of carbonyl (C=O) groups excluding carboxylic acids is 1. The quantitative estimate of drug-likeness (QED) is 0.344. The molecule has 0 unspecified atom stereocenters. The van der Waals surface area contributed by atoms with Crippen molar-refractivity contribution < 1.29 is 27.7 Å². The molecule has 2 rings (SSSR count). The van der Waals surface area contributed by atoms with Crippen molar-refractivity contribution in [1.29, 1.82) is 0 Å². The average molecular weight is 370 g/mol. The minimum absolute atomic E-state index is 0.184. The molecule has 26 heavy (non-hydrogen) atoms. The van der Waals surface area contributed by atoms with E-state index in [9.17, 15) is 22.8 Å². The highest BCUT2D eigenvalue weighted by Crippen LogP contribution is 2.26. The van der Waals surface area contributed by atoms with E-state index in [0.717, 1.165) is 0 Å². The maximum atomic E-state index is 12.7. The van der Waals surface area contributed by atoms with Gasteiger partial charge in [0.2, 0.25) is 0 Å². The molecule has 0 saturated carbocycles. The number of nitrogens with one attached hydrogen (secondary N) is 3. The average Bonchev–Trinajstić information content (AvgIpc) is 2.54. The number of rotatable bonds is 4. The number of ether oxygens (including phenoxy) is 1. The van der Waals surface area contributed by atoms with Crippen LogP contribution in [-0.4, -0.2) is 28.5 Å². The molecule has 0 bridgehead atoms. The van der Waals surface area contributed by atoms with Crippen molar-refractivity contribution in [3.05, 3.63) is 51.9 Å². The van der Waals surface area contributed by atoms with Crippen molar-refractivity contribution >= 4 is 23.6 Å². The molecule has 0 spiro atoms. The Hall–Kier alpha value is -3.37. The van der Waals surface area contributed by atoms with E-state index in [2.05, 4.69) is 20.3 Å². The number of hydrogen-bond acceptors (Lipinski definition) is 4. The van der Waals surface area contributed by atoms with E-state index in [4.69, 9.17) is 10.5 Å². The van der Waals surface area contributed by atoms with E-state index >= 15 is 0 Å². The summed E-state index contributed by atoms with van der Waals surface area (Å²) in [6.45, 7) is 1.92. The van der Waals surface area contributed by atoms with Crippen molar-refractivity contribution in [2.75, 3.05) is 11.9 Å². The van der Waals surface area contributed by atoms with Gasteiger partial charge in [0, 0.05) is 0 Å². The van der Waals surface area contributed by atoms with Crippen LogP contribution in [0.5, 0.6) is 0 Å². The summed E-state index contributed by atoms with van der Waals surface area (Å²) in [6.07, 6.45) is -4.77. The zero-order valence-electron chi connectivity index (χ0n) is 13.5. The first-order valence-corrected chi connectivity index (χ1v) is 7.31. The molecule has 0 amide bonds. The highest BCUT2D eigenvalue weighted by Gasteiger charge is 2.35. The van der Waals surface area contributed by atoms with Gasteiger partial charge in [-0.2, -0.15) is 13.2 Å². The normalized spacial score (nSPS) is 11.9. The fourth-order valence-corrected chi connectivity index (χ4v) is 1.88. The van der Waals surface area contributed by atoms with Crippen molar-refractivity contribution in [2.45, 2.75) is 13.1 Å². The first kappa shape index (κ1) is 19.0. The molecule has 0 saturated heterocycles. The standard InChI is InChI=1S/C15H14F3N5O3/c1-2-26-12(25)8-3-5-9(6-4-8)20-13(19)23-14-21-10(15(16,17)18)7-11(24)22-14/h3-7H,2H2,1H3,(H4,19,20,21,22,23,24)/p+1. The number of esters is 1. The number of nitrogens with zero attached hydrogens (tertiary/aromatic N) is 1. The van der Waals surface area contributed by atoms with Gasteiger partial charge >= 0.3 is 18.1 Å². The van der Waals surface area contributed by atoms with E-state index in [1.807, 2.05) is 0 Å². The number of aromatic nitrogens is 2. The molecule has 0 radical (unpaired) electrons. The van der Waals surface area contributed by atoms with Crippen LogP contribution in [0.1, 0.15) is 23.0 Å². The molecular weight excluding hydrogens is 355 g/mol. The van der Waals surface area contributed by atoms with Crippen LogP contribution in [0.2, 0.25) is 0 Å². The molecule has 5 N–H and O–H groups in total. The number of benzene rings is 1. The van der Waals surface area contributed by atoms with Gasteiger partial charge in [-0.3, -0.25) is 10.1 Å². The molecular formula is C15H15F3N5O3+. The smallest absolute Gasteiger partial charge is 0.443 e. The number of hydrogen-bond donors (Lipinski definition) is 4. The zero-order valence-corrected chi connectivity index (χ0v) is 13.5. The van der Waals surface area contributed by atoms with Crippen LogP contribution in [0.4, 0.5) is 24.8 Å². The Balaban J connectivity index is 2.17. The second-order valence-electron chi connectivity index (χ2n) is 4.94. The molecule has 1 heterocycles. The summed E-state index contributed by atoms with van der Waals surface area (Å²) >= 11 is 0. The number of H-pyrrole nitrogens is 1. The maximum absolute atomic E-state index is 12.7. The van der Waals surface area contributed by atoms with Crippen molar-refractivity contribution in [2.24, 2.45) is 5.73 Å². The predicted molar refractivity (Wildman–Crippen MR) is 85.7 cm³/mol. The first-order valence-electron chi connectivity index (χ1n) is 7.31. The molecule has 1 aromatic carbocycles. The Morgan fingerprint density at radius 1 is 1.35 bits per heavy atom. The lowest BCUT2D eigenvalue weighted by Crippen LogP contribution is -2.73. The van der Waals surface area contributed by atoms with Crippen molar-refractivity contribution in [1.82, 2.24) is 9.97 Å². The van der Waals surface area contributed by atoms with Crippen LogP contribution >= 0.6 is 0 Å². The highest BCUT2D eigenvalue weighted by molar-refractivity contribution is 5.91. The Morgan fingerprint density at radius 3 is 2.58 bits per heavy atom. The van der Waals surface area contributed by atoms with E-state index in [0.29, 0.717) is 17.3 Å². The van der Waals surface area contributed by atoms with Gasteiger partial charge in [0.25, 0.3) is 11.5 Å². The largest absolute Gasteiger partial charge is 0.462 e. The van der Waals surface area contributed by atoms with Crippen molar-refractivity contribution in [3.63, 3.8) is 0 Å². The topological polar surface area (TPSA) is 124 Å². The maximum Gasteiger partial charge on any atom is 0.443 e. The second kappa shape index (κ2) is 7.68. The van der Waals surface area contributed by atoms with Gasteiger partial charge < -0.3 is 10.5 Å². The molecule has 138 valence electrons. The summed E-state index contributed by atoms with van der Waals surface area (Å²) in [4.78, 5) is 30.5. The Morgan fingerprint density at radius 2 is 2.00 bits per heavy atom. The van der Waals surface area contributed by atoms with Crippen LogP contribution in [0.3, 0.4) is 0 Å². The Bertz CT molecular complexity index is 875. The van der Waals surface area contributed by atoms with E-state index in [1.165, 1.54) is 24.3 Å². The minimum Gasteiger partial charge on any atom is -0.462 e. The summed E-state index contributed by atoms with van der Waals surface area (Å²) in [5.41, 5.74) is 4.08. The lowest BCUT2D eigenvalue weighted by molar-refractivity contribution is -0.366. The number of alkyl halides is 3. The van der Waals surface area contributed by atoms with E-state index in [-0.39, 0.29) is 12.6 Å². The molecule has 0 aliphatic carbocycles. The lowest BCUT2D eigenvalue weighted by atomic mass is 10.2. The van der Waals surface area contributed by atoms with Gasteiger partial charge in [-0.15, -0.1) is 4.98 Å². The summed E-state index contributed by atoms with van der Waals surface area (Å²) in [6, 6.07) is 6.34. The van der Waals surface area contributed by atoms with Crippen LogP contribution in [0.25, 0.3) is 0 Å². The highest BCUT2D eigenvalue weighted by atomic mass is 19.4. The van der Waals surface area contributed by atoms with Gasteiger partial charge in [0.15, 0.2) is 5.69 Å². The minimum atomic E-state index is -4.77. The van der Waals surface area contributed by atoms with Gasteiger partial charge in [-0.1, -0.05) is 0 Å². The van der Waals surface area contributed by atoms with Crippen LogP contribution in [-0.2, 0) is 10.9 Å². The molecule has 8 nitrogen and oxygen atoms in total. The number of halogens is 3. The summed E-state index contributed by atoms with van der Waals surface area (Å²) in [5.74, 6) is -1.14. The zero-order chi connectivity index (χ0) is 19.3. The number of nitrogens with two attached hydrogens (primary N) is 1. The molecule has 0 fully saturated rings. The molecule has 2 aromatic rings. The van der Waals surface area contributed by atoms with Crippen LogP contribution < -0.4 is 21.6 Å². The third-order valence-corrected chi connectivity index (χ3v) is 2.96. The Labute approximate surface area is 144 Å². The molecule has 0 atom stereocenters. The lowest BCUT2D eigenvalue weighted by Gasteiger charge is -2.05. The molecule has 1 aromatic heterocycles. The van der Waals surface area contributed by atoms with Crippen LogP contribution in [0, 0.1) is 0 Å². The van der Waals surface area contributed by atoms with Crippen LogP contribution in [0.15, 0.2) is 35.1 Å². The van der Waals surface area contributed by atoms with Crippen molar-refractivity contribution in [3.8, 4) is 0 Å². The third kappa shape index (κ3) is 5.06. The molecule has 0 aliphatic rings. The third-order valence-electron chi connectivity index (χ3n) is 2.96. The SMILES string of the molecule is CCOC(=O)c1ccc(NC(N)=[NH+]c2nc(C(F)(F)F)cc(=O)[nH]2)cc1. The van der Waals surface area contributed by atoms with Gasteiger partial charge in [-0.05, 0) is 31.2 Å². The number of anilines is 1. The van der Waals surface area contributed by atoms with E-state index in [1.54, 1.807) is 6.92 Å². The number of aromatic amines is 1. The molecule has 11 heteroatoms. The summed E-state index contributed by atoms with van der Waals surface area (Å²) < 4.78 is 42.8. The monoisotopic (exact) mass is 370 g/mol. The van der Waals surface area contributed by atoms with E-state index < -0.39 is 29.3 Å². The number of guanidine groups is 1. The van der Waals surface area contributed by atoms with Gasteiger partial charge in [0.05, 0.1) is 23.9 Å². The van der Waals surface area contributed by atoms with Gasteiger partial charge in [-0.25, -0.2) is 14.8 Å². The second-order valence-corrected chi connectivity index (χ2v) is 4.94. The predicted octanol–water partition coefficient (Wildman–Crippen LogP) is 0.104. The first-order chi connectivity index (χ1) is 12.2. The molecule has 0 aliphatic heterocycles. The summed E-state index contributed by atoms with van der Waals surface area (Å²) in [7, 11) is 0. The fraction of sp³-hybridized carbons (Fsp3) is 0.200. The summed E-state index contributed by atoms with van der Waals surface area (Å²) in [5, 5.41) is 2.65.